The molecule has 37 heteroatoms. The molecule has 7 aliphatic rings. The van der Waals surface area contributed by atoms with E-state index in [4.69, 9.17) is 19.4 Å². The van der Waals surface area contributed by atoms with E-state index in [0.29, 0.717) is 32.4 Å². The van der Waals surface area contributed by atoms with Gasteiger partial charge < -0.3 is 24.7 Å². The summed E-state index contributed by atoms with van der Waals surface area (Å²) in [4.78, 5) is 257. The predicted molar refractivity (Wildman–Crippen MR) is 394 cm³/mol. The maximum absolute atomic E-state index is 12.3. The number of ketones is 1. The monoisotopic (exact) mass is 1600 g/mol. The highest BCUT2D eigenvalue weighted by molar-refractivity contribution is 8.00. The molecular formula is C74H108N8O27S2. The maximum atomic E-state index is 12.3. The van der Waals surface area contributed by atoms with Crippen LogP contribution in [0.3, 0.4) is 0 Å². The molecule has 1 aromatic carbocycles. The number of benzene rings is 1. The molecule has 1 N–H and O–H groups in total. The van der Waals surface area contributed by atoms with Gasteiger partial charge >= 0.3 is 23.9 Å². The van der Waals surface area contributed by atoms with Crippen LogP contribution in [0.4, 0.5) is 5.69 Å². The Morgan fingerprint density at radius 3 is 1.29 bits per heavy atom. The van der Waals surface area contributed by atoms with Crippen LogP contribution in [0.25, 0.3) is 0 Å². The number of Topliss-reactive ketones (excluding diaryl/α,β-unsaturated/α-hetero) is 1. The molecule has 0 spiro atoms. The molecular weight excluding hydrogens is 1500 g/mol. The van der Waals surface area contributed by atoms with Gasteiger partial charge in [0.2, 0.25) is 41.4 Å². The smallest absolute Gasteiger partial charge is 0.330 e. The number of nitrogens with zero attached hydrogens (tertiary/aromatic N) is 7. The Hall–Kier alpha value is -9.52. The second kappa shape index (κ2) is 43.9. The second-order valence-electron chi connectivity index (χ2n) is 29.1. The van der Waals surface area contributed by atoms with E-state index in [0.717, 1.165) is 16.9 Å². The molecule has 0 aliphatic carbocycles. The lowest BCUT2D eigenvalue weighted by molar-refractivity contribution is -0.198. The topological polar surface area (TPSA) is 456 Å². The molecule has 0 aromatic heterocycles. The van der Waals surface area contributed by atoms with Gasteiger partial charge in [0.1, 0.15) is 0 Å². The number of carbonyl (C=O) groups is 20. The first kappa shape index (κ1) is 97.6. The fourth-order valence-electron chi connectivity index (χ4n) is 11.5. The van der Waals surface area contributed by atoms with Gasteiger partial charge in [0, 0.05) is 130 Å². The number of rotatable bonds is 28. The molecule has 0 radical (unpaired) electrons. The molecule has 8 atom stereocenters. The lowest BCUT2D eigenvalue weighted by Crippen LogP contribution is -2.41. The molecule has 1 aromatic rings. The number of thioether (sulfide) groups is 1. The van der Waals surface area contributed by atoms with Crippen LogP contribution in [0.5, 0.6) is 0 Å². The number of hydrogen-bond acceptors (Lipinski definition) is 28. The quantitative estimate of drug-likeness (QED) is 0.0723. The van der Waals surface area contributed by atoms with Crippen molar-refractivity contribution in [1.29, 1.82) is 0 Å². The normalized spacial score (nSPS) is 21.0. The van der Waals surface area contributed by atoms with Crippen LogP contribution >= 0.6 is 11.8 Å². The van der Waals surface area contributed by atoms with E-state index < -0.39 is 98.3 Å². The molecule has 0 saturated carbocycles. The van der Waals surface area contributed by atoms with Crippen molar-refractivity contribution in [3.05, 3.63) is 29.8 Å². The first-order valence-electron chi connectivity index (χ1n) is 35.9. The van der Waals surface area contributed by atoms with E-state index in [2.05, 4.69) is 9.50 Å². The Morgan fingerprint density at radius 2 is 0.892 bits per heavy atom. The van der Waals surface area contributed by atoms with Crippen LogP contribution in [0.15, 0.2) is 24.3 Å². The number of imide groups is 7. The van der Waals surface area contributed by atoms with Crippen molar-refractivity contribution < 1.29 is 128 Å². The summed E-state index contributed by atoms with van der Waals surface area (Å²) in [6.45, 7) is 27.1. The van der Waals surface area contributed by atoms with Crippen molar-refractivity contribution >= 4 is 146 Å². The largest absolute Gasteiger partial charge is 0.363 e. The van der Waals surface area contributed by atoms with E-state index in [1.807, 2.05) is 69.2 Å². The SMILES string of the molecule is C.C.CC(C)C1CC(=O)N(CCCC(=O)ON2C(=O)CCC2=O)C1=O.CC(C)CC(=O)Nc1ccc(C(=O)ON2C(=O)CC(C)C2=O)cc1.CC(C)CC(=O)ON1C(=O)CC(C)C1=O.CC1CC(=O)N(CC(=O)CCN2C(=O)CC(C(C)C)C2=O)C1=O.COS(=O)(=O)C(CC(C)SC(C)C)C(=O)ON1C(=O)CC(C)C1=O. The molecule has 8 rings (SSSR count). The minimum Gasteiger partial charge on any atom is -0.330 e. The molecule has 7 aliphatic heterocycles. The Balaban J connectivity index is 0.000000472. The lowest BCUT2D eigenvalue weighted by Gasteiger charge is -2.21. The van der Waals surface area contributed by atoms with Gasteiger partial charge in [0.05, 0.1) is 25.6 Å². The summed E-state index contributed by atoms with van der Waals surface area (Å²) in [6, 6.07) is 6.04. The first-order valence-corrected chi connectivity index (χ1v) is 38.3. The van der Waals surface area contributed by atoms with E-state index in [-0.39, 0.29) is 228 Å². The first-order chi connectivity index (χ1) is 50.7. The van der Waals surface area contributed by atoms with Gasteiger partial charge in [-0.2, -0.15) is 20.2 Å². The summed E-state index contributed by atoms with van der Waals surface area (Å²) in [7, 11) is -3.27. The lowest BCUT2D eigenvalue weighted by atomic mass is 9.94. The van der Waals surface area contributed by atoms with Crippen molar-refractivity contribution in [3.63, 3.8) is 0 Å². The number of hydrogen-bond donors (Lipinski definition) is 1. The summed E-state index contributed by atoms with van der Waals surface area (Å²) >= 11 is 1.50. The molecule has 618 valence electrons. The third-order valence-corrected chi connectivity index (χ3v) is 20.3. The maximum Gasteiger partial charge on any atom is 0.363 e. The van der Waals surface area contributed by atoms with Gasteiger partial charge in [0.25, 0.3) is 57.4 Å². The Kier molecular flexibility index (Phi) is 38.6. The minimum atomic E-state index is -4.22. The molecule has 0 bridgehead atoms. The predicted octanol–water partition coefficient (Wildman–Crippen LogP) is 6.18. The molecule has 7 fully saturated rings. The van der Waals surface area contributed by atoms with Crippen LogP contribution in [-0.2, 0) is 125 Å². The van der Waals surface area contributed by atoms with Crippen LogP contribution in [0, 0.1) is 59.2 Å². The number of amides is 15. The van der Waals surface area contributed by atoms with Crippen LogP contribution < -0.4 is 5.32 Å². The number of nitrogens with one attached hydrogen (secondary N) is 1. The molecule has 8 unspecified atom stereocenters. The fourth-order valence-corrected chi connectivity index (χ4v) is 13.9. The van der Waals surface area contributed by atoms with Crippen molar-refractivity contribution in [2.45, 2.75) is 224 Å². The van der Waals surface area contributed by atoms with Crippen molar-refractivity contribution in [3.8, 4) is 0 Å². The standard InChI is InChI=1S/C17H20N2O5.C16H22N2O5.C15H20N2O6.C14H23NO7S2.C10H15NO4.2CH4/c1-10(2)8-14(20)18-13-6-4-12(5-7-13)17(23)24-19-15(21)9-11(3)16(19)22;1-9(2)12-7-14(21)17(16(12)23)5-4-11(19)8-18-13(20)6-10(3)15(18)22;1-9(2)10-8-13(20)16(15(10)22)7-3-4-14(21)23-17-11(18)5-6-12(17)19;1-8(2)23-10(4)7-11(24(19,20)21-5)14(18)22-15-12(16)6-9(3)13(15)17;1-6(2)4-9(13)15-11-8(12)5-7(3)10(11)14;;/h4-7,10-11H,8-9H2,1-3H3,(H,18,20);9-10,12H,4-8H2,1-3H3;9-10H,3-8H2,1-2H3;8-11H,6-7H2,1-5H3;6-7H,4-5H2,1-3H3;2*1H4. The van der Waals surface area contributed by atoms with Gasteiger partial charge in [-0.3, -0.25) is 95.6 Å². The summed E-state index contributed by atoms with van der Waals surface area (Å²) in [6.07, 6.45) is 1.35. The van der Waals surface area contributed by atoms with Gasteiger partial charge in [-0.1, -0.05) is 119 Å². The van der Waals surface area contributed by atoms with Gasteiger partial charge in [-0.15, -0.1) is 20.3 Å². The zero-order valence-corrected chi connectivity index (χ0v) is 65.9. The minimum absolute atomic E-state index is 0. The zero-order valence-electron chi connectivity index (χ0n) is 64.3. The van der Waals surface area contributed by atoms with Gasteiger partial charge in [-0.05, 0) is 66.0 Å². The van der Waals surface area contributed by atoms with Crippen LogP contribution in [-0.4, -0.2) is 204 Å². The van der Waals surface area contributed by atoms with Crippen molar-refractivity contribution in [1.82, 2.24) is 35.0 Å². The highest BCUT2D eigenvalue weighted by atomic mass is 32.2. The molecule has 15 amide bonds. The Bertz CT molecular complexity index is 3780. The third kappa shape index (κ3) is 28.3. The third-order valence-electron chi connectivity index (χ3n) is 17.5. The molecule has 7 saturated heterocycles. The molecule has 7 heterocycles. The second-order valence-corrected chi connectivity index (χ2v) is 33.0. The van der Waals surface area contributed by atoms with Crippen LogP contribution in [0.1, 0.15) is 219 Å². The van der Waals surface area contributed by atoms with Gasteiger partial charge in [0.15, 0.2) is 11.0 Å². The number of anilines is 1. The number of carbonyl (C=O) groups excluding carboxylic acids is 20. The van der Waals surface area contributed by atoms with Crippen LogP contribution in [0.2, 0.25) is 0 Å². The van der Waals surface area contributed by atoms with E-state index in [1.54, 1.807) is 39.8 Å². The highest BCUT2D eigenvalue weighted by Gasteiger charge is 2.46. The number of likely N-dealkylation sites (tertiary alicyclic amines) is 3. The average Bonchev–Trinajstić information content (AvgIpc) is 1.78. The molecule has 111 heavy (non-hydrogen) atoms. The van der Waals surface area contributed by atoms with Crippen molar-refractivity contribution in [2.75, 3.05) is 32.1 Å². The Morgan fingerprint density at radius 1 is 0.477 bits per heavy atom. The summed E-state index contributed by atoms with van der Waals surface area (Å²) in [5, 5.41) is 3.14. The van der Waals surface area contributed by atoms with E-state index in [1.165, 1.54) is 35.7 Å². The van der Waals surface area contributed by atoms with Crippen molar-refractivity contribution in [2.24, 2.45) is 59.2 Å². The highest BCUT2D eigenvalue weighted by Crippen LogP contribution is 2.31. The number of hydroxylamine groups is 8. The average molecular weight is 1610 g/mol. The zero-order chi connectivity index (χ0) is 82.5. The molecule has 35 nitrogen and oxygen atoms in total. The summed E-state index contributed by atoms with van der Waals surface area (Å²) in [5.74, 6) is -11.5. The summed E-state index contributed by atoms with van der Waals surface area (Å²) in [5.41, 5.74) is 0.733. The Labute approximate surface area is 651 Å². The van der Waals surface area contributed by atoms with Gasteiger partial charge in [-0.25, -0.2) is 19.2 Å². The summed E-state index contributed by atoms with van der Waals surface area (Å²) < 4.78 is 28.5. The van der Waals surface area contributed by atoms with E-state index >= 15 is 0 Å². The fraction of sp³-hybridized carbons (Fsp3) is 0.649. The van der Waals surface area contributed by atoms with E-state index in [9.17, 15) is 104 Å².